The van der Waals surface area contributed by atoms with Gasteiger partial charge in [0.05, 0.1) is 19.1 Å². The monoisotopic (exact) mass is 374 g/mol. The van der Waals surface area contributed by atoms with Crippen LogP contribution in [-0.2, 0) is 24.3 Å². The molecule has 0 radical (unpaired) electrons. The van der Waals surface area contributed by atoms with E-state index >= 15 is 0 Å². The van der Waals surface area contributed by atoms with Crippen molar-refractivity contribution in [3.05, 3.63) is 45.1 Å². The number of carbonyl (C=O) groups excluding carboxylic acids is 2. The Balaban J connectivity index is 1.70. The van der Waals surface area contributed by atoms with Crippen LogP contribution < -0.4 is 14.8 Å². The van der Waals surface area contributed by atoms with E-state index in [1.807, 2.05) is 24.3 Å². The molecule has 2 heterocycles. The number of carbonyl (C=O) groups is 2. The zero-order chi connectivity index (χ0) is 18.7. The van der Waals surface area contributed by atoms with Crippen LogP contribution in [0.4, 0.5) is 0 Å². The number of para-hydroxylation sites is 1. The molecule has 1 aliphatic heterocycles. The SMILES string of the molecule is COc1cccc(CNC(=O)c2cc3c(s2)CCN(C(C)=O)C3)c1OC. The van der Waals surface area contributed by atoms with Crippen LogP contribution in [0.1, 0.15) is 32.6 Å². The summed E-state index contributed by atoms with van der Waals surface area (Å²) in [5, 5.41) is 2.94. The molecule has 3 rings (SSSR count). The molecule has 2 amide bonds. The third kappa shape index (κ3) is 3.67. The van der Waals surface area contributed by atoms with Gasteiger partial charge in [-0.3, -0.25) is 9.59 Å². The van der Waals surface area contributed by atoms with Gasteiger partial charge in [-0.15, -0.1) is 11.3 Å². The van der Waals surface area contributed by atoms with Crippen molar-refractivity contribution in [2.24, 2.45) is 0 Å². The highest BCUT2D eigenvalue weighted by atomic mass is 32.1. The number of nitrogens with one attached hydrogen (secondary N) is 1. The summed E-state index contributed by atoms with van der Waals surface area (Å²) in [5.41, 5.74) is 1.92. The van der Waals surface area contributed by atoms with Crippen molar-refractivity contribution in [2.45, 2.75) is 26.4 Å². The van der Waals surface area contributed by atoms with Crippen LogP contribution in [0.15, 0.2) is 24.3 Å². The Hall–Kier alpha value is -2.54. The van der Waals surface area contributed by atoms with E-state index in [9.17, 15) is 9.59 Å². The van der Waals surface area contributed by atoms with Crippen molar-refractivity contribution in [3.8, 4) is 11.5 Å². The van der Waals surface area contributed by atoms with Gasteiger partial charge in [0.2, 0.25) is 5.91 Å². The van der Waals surface area contributed by atoms with E-state index in [1.165, 1.54) is 16.2 Å². The highest BCUT2D eigenvalue weighted by Gasteiger charge is 2.22. The van der Waals surface area contributed by atoms with Crippen molar-refractivity contribution in [3.63, 3.8) is 0 Å². The van der Waals surface area contributed by atoms with Gasteiger partial charge in [0, 0.05) is 37.0 Å². The lowest BCUT2D eigenvalue weighted by Crippen LogP contribution is -2.33. The smallest absolute Gasteiger partial charge is 0.261 e. The molecule has 1 aromatic carbocycles. The Morgan fingerprint density at radius 1 is 1.27 bits per heavy atom. The zero-order valence-corrected chi connectivity index (χ0v) is 15.9. The van der Waals surface area contributed by atoms with Crippen molar-refractivity contribution < 1.29 is 19.1 Å². The van der Waals surface area contributed by atoms with E-state index < -0.39 is 0 Å². The molecule has 2 aromatic rings. The lowest BCUT2D eigenvalue weighted by molar-refractivity contribution is -0.129. The normalized spacial score (nSPS) is 13.1. The van der Waals surface area contributed by atoms with E-state index in [1.54, 1.807) is 26.0 Å². The summed E-state index contributed by atoms with van der Waals surface area (Å²) in [7, 11) is 3.16. The summed E-state index contributed by atoms with van der Waals surface area (Å²) in [5.74, 6) is 1.20. The molecule has 7 heteroatoms. The number of nitrogens with zero attached hydrogens (tertiary/aromatic N) is 1. The van der Waals surface area contributed by atoms with E-state index in [0.717, 1.165) is 17.5 Å². The van der Waals surface area contributed by atoms with Crippen molar-refractivity contribution in [2.75, 3.05) is 20.8 Å². The molecule has 0 spiro atoms. The Morgan fingerprint density at radius 3 is 2.77 bits per heavy atom. The zero-order valence-electron chi connectivity index (χ0n) is 15.1. The first kappa shape index (κ1) is 18.3. The second-order valence-corrected chi connectivity index (χ2v) is 7.22. The number of ether oxygens (including phenoxy) is 2. The van der Waals surface area contributed by atoms with Crippen molar-refractivity contribution in [1.82, 2.24) is 10.2 Å². The number of thiophene rings is 1. The van der Waals surface area contributed by atoms with E-state index in [2.05, 4.69) is 5.32 Å². The fourth-order valence-electron chi connectivity index (χ4n) is 3.07. The van der Waals surface area contributed by atoms with Crippen LogP contribution >= 0.6 is 11.3 Å². The number of amides is 2. The van der Waals surface area contributed by atoms with Gasteiger partial charge in [0.25, 0.3) is 5.91 Å². The first-order chi connectivity index (χ1) is 12.5. The van der Waals surface area contributed by atoms with Gasteiger partial charge in [-0.25, -0.2) is 0 Å². The third-order valence-corrected chi connectivity index (χ3v) is 5.70. The summed E-state index contributed by atoms with van der Waals surface area (Å²) >= 11 is 1.50. The summed E-state index contributed by atoms with van der Waals surface area (Å²) in [4.78, 5) is 27.8. The number of benzene rings is 1. The second-order valence-electron chi connectivity index (χ2n) is 6.08. The molecular formula is C19H22N2O4S. The van der Waals surface area contributed by atoms with Crippen LogP contribution in [0, 0.1) is 0 Å². The van der Waals surface area contributed by atoms with E-state index in [4.69, 9.17) is 9.47 Å². The maximum absolute atomic E-state index is 12.6. The Labute approximate surface area is 156 Å². The molecule has 0 bridgehead atoms. The van der Waals surface area contributed by atoms with Crippen molar-refractivity contribution >= 4 is 23.2 Å². The molecule has 6 nitrogen and oxygen atoms in total. The highest BCUT2D eigenvalue weighted by Crippen LogP contribution is 2.31. The molecular weight excluding hydrogens is 352 g/mol. The van der Waals surface area contributed by atoms with Gasteiger partial charge in [0.1, 0.15) is 0 Å². The standard InChI is InChI=1S/C19H22N2O4S/c1-12(22)21-8-7-16-14(11-21)9-17(26-16)19(23)20-10-13-5-4-6-15(24-2)18(13)25-3/h4-6,9H,7-8,10-11H2,1-3H3,(H,20,23). The summed E-state index contributed by atoms with van der Waals surface area (Å²) < 4.78 is 10.7. The number of hydrogen-bond donors (Lipinski definition) is 1. The number of fused-ring (bicyclic) bond motifs is 1. The van der Waals surface area contributed by atoms with Crippen LogP contribution in [0.5, 0.6) is 11.5 Å². The van der Waals surface area contributed by atoms with Crippen LogP contribution in [0.2, 0.25) is 0 Å². The summed E-state index contributed by atoms with van der Waals surface area (Å²) in [6.07, 6.45) is 0.802. The predicted octanol–water partition coefficient (Wildman–Crippen LogP) is 2.60. The summed E-state index contributed by atoms with van der Waals surface area (Å²) in [6, 6.07) is 7.47. The number of hydrogen-bond acceptors (Lipinski definition) is 5. The molecule has 0 saturated heterocycles. The van der Waals surface area contributed by atoms with Gasteiger partial charge >= 0.3 is 0 Å². The average molecular weight is 374 g/mol. The molecule has 138 valence electrons. The van der Waals surface area contributed by atoms with E-state index in [-0.39, 0.29) is 11.8 Å². The number of rotatable bonds is 5. The second kappa shape index (κ2) is 7.78. The van der Waals surface area contributed by atoms with E-state index in [0.29, 0.717) is 36.0 Å². The molecule has 1 aliphatic rings. The van der Waals surface area contributed by atoms with Crippen LogP contribution in [0.25, 0.3) is 0 Å². The fraction of sp³-hybridized carbons (Fsp3) is 0.368. The quantitative estimate of drug-likeness (QED) is 0.874. The van der Waals surface area contributed by atoms with Gasteiger partial charge in [-0.1, -0.05) is 12.1 Å². The van der Waals surface area contributed by atoms with Crippen LogP contribution in [0.3, 0.4) is 0 Å². The Kier molecular flexibility index (Phi) is 5.46. The molecule has 0 saturated carbocycles. The van der Waals surface area contributed by atoms with Gasteiger partial charge in [-0.05, 0) is 24.1 Å². The Bertz CT molecular complexity index is 831. The minimum atomic E-state index is -0.122. The largest absolute Gasteiger partial charge is 0.493 e. The molecule has 0 atom stereocenters. The first-order valence-electron chi connectivity index (χ1n) is 8.38. The average Bonchev–Trinajstić information content (AvgIpc) is 3.08. The first-order valence-corrected chi connectivity index (χ1v) is 9.20. The summed E-state index contributed by atoms with van der Waals surface area (Å²) in [6.45, 7) is 3.22. The highest BCUT2D eigenvalue weighted by molar-refractivity contribution is 7.14. The Morgan fingerprint density at radius 2 is 2.08 bits per heavy atom. The molecule has 0 aliphatic carbocycles. The fourth-order valence-corrected chi connectivity index (χ4v) is 4.15. The number of methoxy groups -OCH3 is 2. The minimum absolute atomic E-state index is 0.0676. The van der Waals surface area contributed by atoms with Gasteiger partial charge in [-0.2, -0.15) is 0 Å². The van der Waals surface area contributed by atoms with Gasteiger partial charge < -0.3 is 19.7 Å². The molecule has 1 aromatic heterocycles. The maximum Gasteiger partial charge on any atom is 0.261 e. The third-order valence-electron chi connectivity index (χ3n) is 4.46. The van der Waals surface area contributed by atoms with Gasteiger partial charge in [0.15, 0.2) is 11.5 Å². The molecule has 0 unspecified atom stereocenters. The lowest BCUT2D eigenvalue weighted by atomic mass is 10.1. The maximum atomic E-state index is 12.6. The van der Waals surface area contributed by atoms with Crippen LogP contribution in [-0.4, -0.2) is 37.5 Å². The molecule has 0 fully saturated rings. The van der Waals surface area contributed by atoms with Crippen molar-refractivity contribution in [1.29, 1.82) is 0 Å². The lowest BCUT2D eigenvalue weighted by Gasteiger charge is -2.25. The minimum Gasteiger partial charge on any atom is -0.493 e. The molecule has 1 N–H and O–H groups in total. The topological polar surface area (TPSA) is 67.9 Å². The molecule has 26 heavy (non-hydrogen) atoms. The predicted molar refractivity (Wildman–Crippen MR) is 99.8 cm³/mol.